The first kappa shape index (κ1) is 21.8. The molecule has 1 rings (SSSR count). The minimum absolute atomic E-state index is 0.279. The first-order valence-corrected chi connectivity index (χ1v) is 9.90. The highest BCUT2D eigenvalue weighted by molar-refractivity contribution is 4.88. The number of hydrogen-bond donors (Lipinski definition) is 3. The standard InChI is InChI=1S/C19H38O5/c1-2-3-4-5-6-7-8-9-10-11-12-13-23-17-15-24-19(18(17)22)16(21)14-20/h16-22H,2-15H2,1H3/t16-,17+,18-,19-/m0/s1. The molecule has 0 aromatic heterocycles. The molecule has 0 bridgehead atoms. The molecule has 24 heavy (non-hydrogen) atoms. The molecule has 1 saturated heterocycles. The molecule has 0 radical (unpaired) electrons. The third-order valence-corrected chi connectivity index (χ3v) is 4.82. The molecule has 1 heterocycles. The molecule has 0 amide bonds. The second kappa shape index (κ2) is 14.0. The SMILES string of the molecule is CCCCCCCCCCCCCO[C@@H]1CO[C@@H]([C@@H](O)CO)[C@H]1O. The van der Waals surface area contributed by atoms with Crippen LogP contribution >= 0.6 is 0 Å². The fourth-order valence-corrected chi connectivity index (χ4v) is 3.20. The van der Waals surface area contributed by atoms with Gasteiger partial charge in [-0.15, -0.1) is 0 Å². The fraction of sp³-hybridized carbons (Fsp3) is 1.00. The minimum Gasteiger partial charge on any atom is -0.394 e. The molecule has 1 aliphatic heterocycles. The summed E-state index contributed by atoms with van der Waals surface area (Å²) in [5.41, 5.74) is 0. The van der Waals surface area contributed by atoms with Gasteiger partial charge in [-0.3, -0.25) is 0 Å². The van der Waals surface area contributed by atoms with Crippen LogP contribution in [0.4, 0.5) is 0 Å². The molecule has 4 atom stereocenters. The summed E-state index contributed by atoms with van der Waals surface area (Å²) in [5.74, 6) is 0. The third-order valence-electron chi connectivity index (χ3n) is 4.82. The van der Waals surface area contributed by atoms with Crippen LogP contribution in [0.3, 0.4) is 0 Å². The van der Waals surface area contributed by atoms with Crippen LogP contribution in [0.5, 0.6) is 0 Å². The number of aliphatic hydroxyl groups is 3. The molecule has 0 aliphatic carbocycles. The maximum Gasteiger partial charge on any atom is 0.114 e. The van der Waals surface area contributed by atoms with Crippen molar-refractivity contribution in [2.45, 2.75) is 102 Å². The Labute approximate surface area is 147 Å². The second-order valence-electron chi connectivity index (χ2n) is 6.98. The first-order chi connectivity index (χ1) is 11.7. The zero-order valence-electron chi connectivity index (χ0n) is 15.4. The van der Waals surface area contributed by atoms with Crippen molar-refractivity contribution in [3.8, 4) is 0 Å². The van der Waals surface area contributed by atoms with E-state index in [9.17, 15) is 10.2 Å². The van der Waals surface area contributed by atoms with Crippen LogP contribution in [0.15, 0.2) is 0 Å². The van der Waals surface area contributed by atoms with Gasteiger partial charge in [0.05, 0.1) is 13.2 Å². The van der Waals surface area contributed by atoms with Gasteiger partial charge in [-0.25, -0.2) is 0 Å². The Morgan fingerprint density at radius 1 is 0.958 bits per heavy atom. The van der Waals surface area contributed by atoms with E-state index in [1.54, 1.807) is 0 Å². The quantitative estimate of drug-likeness (QED) is 0.397. The monoisotopic (exact) mass is 346 g/mol. The Morgan fingerprint density at radius 2 is 1.50 bits per heavy atom. The molecule has 1 fully saturated rings. The smallest absolute Gasteiger partial charge is 0.114 e. The molecule has 0 aromatic rings. The summed E-state index contributed by atoms with van der Waals surface area (Å²) in [7, 11) is 0. The average molecular weight is 347 g/mol. The van der Waals surface area contributed by atoms with Crippen LogP contribution in [-0.4, -0.2) is 59.6 Å². The van der Waals surface area contributed by atoms with E-state index in [-0.39, 0.29) is 12.7 Å². The number of hydrogen-bond acceptors (Lipinski definition) is 5. The highest BCUT2D eigenvalue weighted by Gasteiger charge is 2.40. The van der Waals surface area contributed by atoms with E-state index in [1.165, 1.54) is 57.8 Å². The molecular weight excluding hydrogens is 308 g/mol. The van der Waals surface area contributed by atoms with Gasteiger partial charge in [0.25, 0.3) is 0 Å². The first-order valence-electron chi connectivity index (χ1n) is 9.90. The number of ether oxygens (including phenoxy) is 2. The lowest BCUT2D eigenvalue weighted by atomic mass is 10.1. The van der Waals surface area contributed by atoms with E-state index >= 15 is 0 Å². The van der Waals surface area contributed by atoms with Gasteiger partial charge in [0.2, 0.25) is 0 Å². The predicted octanol–water partition coefficient (Wildman–Crippen LogP) is 2.80. The maximum absolute atomic E-state index is 10.0. The molecule has 0 unspecified atom stereocenters. The summed E-state index contributed by atoms with van der Waals surface area (Å²) < 4.78 is 11.0. The third kappa shape index (κ3) is 8.77. The van der Waals surface area contributed by atoms with E-state index < -0.39 is 24.9 Å². The summed E-state index contributed by atoms with van der Waals surface area (Å²) in [4.78, 5) is 0. The zero-order valence-corrected chi connectivity index (χ0v) is 15.4. The Kier molecular flexibility index (Phi) is 12.8. The van der Waals surface area contributed by atoms with Gasteiger partial charge in [-0.2, -0.15) is 0 Å². The van der Waals surface area contributed by atoms with Crippen molar-refractivity contribution in [1.29, 1.82) is 0 Å². The highest BCUT2D eigenvalue weighted by atomic mass is 16.6. The van der Waals surface area contributed by atoms with Crippen LogP contribution in [0.1, 0.15) is 77.6 Å². The summed E-state index contributed by atoms with van der Waals surface area (Å²) in [5, 5.41) is 28.4. The van der Waals surface area contributed by atoms with Crippen molar-refractivity contribution >= 4 is 0 Å². The molecule has 144 valence electrons. The molecule has 0 saturated carbocycles. The van der Waals surface area contributed by atoms with Crippen molar-refractivity contribution in [2.75, 3.05) is 19.8 Å². The molecule has 3 N–H and O–H groups in total. The predicted molar refractivity (Wildman–Crippen MR) is 95.0 cm³/mol. The van der Waals surface area contributed by atoms with E-state index in [0.717, 1.165) is 12.8 Å². The summed E-state index contributed by atoms with van der Waals surface area (Å²) >= 11 is 0. The van der Waals surface area contributed by atoms with Gasteiger partial charge in [0.15, 0.2) is 0 Å². The van der Waals surface area contributed by atoms with Crippen molar-refractivity contribution in [3.05, 3.63) is 0 Å². The summed E-state index contributed by atoms with van der Waals surface area (Å²) in [6.45, 7) is 2.74. The molecular formula is C19H38O5. The van der Waals surface area contributed by atoms with Gasteiger partial charge < -0.3 is 24.8 Å². The van der Waals surface area contributed by atoms with Crippen LogP contribution in [0, 0.1) is 0 Å². The van der Waals surface area contributed by atoms with Gasteiger partial charge >= 0.3 is 0 Å². The Hall–Kier alpha value is -0.200. The molecule has 5 heteroatoms. The molecule has 0 aromatic carbocycles. The van der Waals surface area contributed by atoms with Crippen LogP contribution in [0.25, 0.3) is 0 Å². The van der Waals surface area contributed by atoms with Gasteiger partial charge in [0, 0.05) is 6.61 Å². The van der Waals surface area contributed by atoms with Crippen molar-refractivity contribution < 1.29 is 24.8 Å². The zero-order chi connectivity index (χ0) is 17.6. The van der Waals surface area contributed by atoms with Crippen molar-refractivity contribution in [3.63, 3.8) is 0 Å². The van der Waals surface area contributed by atoms with E-state index in [0.29, 0.717) is 6.61 Å². The van der Waals surface area contributed by atoms with Crippen LogP contribution < -0.4 is 0 Å². The molecule has 1 aliphatic rings. The number of rotatable bonds is 15. The van der Waals surface area contributed by atoms with Gasteiger partial charge in [-0.1, -0.05) is 71.1 Å². The van der Waals surface area contributed by atoms with E-state index in [4.69, 9.17) is 14.6 Å². The Balaban J connectivity index is 1.89. The van der Waals surface area contributed by atoms with Crippen molar-refractivity contribution in [1.82, 2.24) is 0 Å². The minimum atomic E-state index is -1.05. The topological polar surface area (TPSA) is 79.2 Å². The lowest BCUT2D eigenvalue weighted by Gasteiger charge is -2.20. The average Bonchev–Trinajstić information content (AvgIpc) is 2.96. The van der Waals surface area contributed by atoms with E-state index in [2.05, 4.69) is 6.92 Å². The van der Waals surface area contributed by atoms with E-state index in [1.807, 2.05) is 0 Å². The van der Waals surface area contributed by atoms with Crippen molar-refractivity contribution in [2.24, 2.45) is 0 Å². The lowest BCUT2D eigenvalue weighted by Crippen LogP contribution is -2.41. The van der Waals surface area contributed by atoms with Crippen LogP contribution in [0.2, 0.25) is 0 Å². The lowest BCUT2D eigenvalue weighted by molar-refractivity contribution is -0.0730. The summed E-state index contributed by atoms with van der Waals surface area (Å²) in [6, 6.07) is 0. The Morgan fingerprint density at radius 3 is 2.04 bits per heavy atom. The fourth-order valence-electron chi connectivity index (χ4n) is 3.20. The second-order valence-corrected chi connectivity index (χ2v) is 6.98. The summed E-state index contributed by atoms with van der Waals surface area (Å²) in [6.07, 6.45) is 11.2. The molecule has 5 nitrogen and oxygen atoms in total. The Bertz CT molecular complexity index is 287. The largest absolute Gasteiger partial charge is 0.394 e. The maximum atomic E-state index is 10.0. The van der Waals surface area contributed by atoms with Crippen LogP contribution in [-0.2, 0) is 9.47 Å². The molecule has 0 spiro atoms. The highest BCUT2D eigenvalue weighted by Crippen LogP contribution is 2.20. The normalized spacial score (nSPS) is 25.2. The number of aliphatic hydroxyl groups excluding tert-OH is 3. The van der Waals surface area contributed by atoms with Gasteiger partial charge in [0.1, 0.15) is 24.4 Å². The number of unbranched alkanes of at least 4 members (excludes halogenated alkanes) is 10. The van der Waals surface area contributed by atoms with Gasteiger partial charge in [-0.05, 0) is 6.42 Å².